The zero-order valence-corrected chi connectivity index (χ0v) is 11.8. The fraction of sp³-hybridized carbons (Fsp3) is 0.615. The number of amides is 1. The van der Waals surface area contributed by atoms with Gasteiger partial charge in [-0.25, -0.2) is 0 Å². The van der Waals surface area contributed by atoms with Crippen molar-refractivity contribution < 1.29 is 24.2 Å². The van der Waals surface area contributed by atoms with Crippen LogP contribution in [-0.2, 0) is 19.1 Å². The first-order valence-electron chi connectivity index (χ1n) is 6.47. The average molecular weight is 286 g/mol. The number of carbonyl (C=O) groups excluding carboxylic acids is 2. The Kier molecular flexibility index (Phi) is 9.94. The second-order valence-corrected chi connectivity index (χ2v) is 4.11. The van der Waals surface area contributed by atoms with E-state index in [2.05, 4.69) is 11.9 Å². The smallest absolute Gasteiger partial charge is 0.320 e. The van der Waals surface area contributed by atoms with Crippen LogP contribution in [0.1, 0.15) is 19.8 Å². The Morgan fingerprint density at radius 2 is 2.05 bits per heavy atom. The number of esters is 1. The Bertz CT molecular complexity index is 344. The van der Waals surface area contributed by atoms with Crippen molar-refractivity contribution in [3.63, 3.8) is 0 Å². The molecule has 0 aromatic carbocycles. The molecule has 0 heterocycles. The number of carbonyl (C=O) groups is 3. The van der Waals surface area contributed by atoms with Gasteiger partial charge in [-0.3, -0.25) is 19.3 Å². The maximum atomic E-state index is 11.6. The van der Waals surface area contributed by atoms with Gasteiger partial charge in [0.2, 0.25) is 5.91 Å². The van der Waals surface area contributed by atoms with Gasteiger partial charge in [-0.2, -0.15) is 0 Å². The number of hydrogen-bond acceptors (Lipinski definition) is 5. The van der Waals surface area contributed by atoms with E-state index in [1.165, 1.54) is 0 Å². The molecule has 0 rings (SSSR count). The van der Waals surface area contributed by atoms with Crippen molar-refractivity contribution >= 4 is 17.8 Å². The molecule has 0 aliphatic rings. The van der Waals surface area contributed by atoms with E-state index >= 15 is 0 Å². The van der Waals surface area contributed by atoms with Crippen LogP contribution in [0.4, 0.5) is 0 Å². The molecule has 0 radical (unpaired) electrons. The summed E-state index contributed by atoms with van der Waals surface area (Å²) in [5.41, 5.74) is 0. The Morgan fingerprint density at radius 1 is 1.35 bits per heavy atom. The third-order valence-corrected chi connectivity index (χ3v) is 2.30. The Hall–Kier alpha value is -1.89. The van der Waals surface area contributed by atoms with Crippen LogP contribution < -0.4 is 5.32 Å². The molecule has 1 amide bonds. The zero-order chi connectivity index (χ0) is 15.4. The molecule has 0 aliphatic carbocycles. The van der Waals surface area contributed by atoms with Gasteiger partial charge in [0.25, 0.3) is 0 Å². The standard InChI is InChI=1S/C13H22N2O5/c1-3-8-15(10-13(19)20-4-2)9-11(16)14-7-5-6-12(17)18/h3H,1,4-10H2,2H3,(H,14,16)(H,17,18). The summed E-state index contributed by atoms with van der Waals surface area (Å²) >= 11 is 0. The van der Waals surface area contributed by atoms with Crippen LogP contribution in [0.3, 0.4) is 0 Å². The van der Waals surface area contributed by atoms with Crippen LogP contribution in [0.5, 0.6) is 0 Å². The van der Waals surface area contributed by atoms with Crippen molar-refractivity contribution in [1.29, 1.82) is 0 Å². The lowest BCUT2D eigenvalue weighted by molar-refractivity contribution is -0.144. The van der Waals surface area contributed by atoms with Crippen molar-refractivity contribution in [2.75, 3.05) is 32.8 Å². The van der Waals surface area contributed by atoms with Gasteiger partial charge in [-0.1, -0.05) is 6.08 Å². The number of rotatable bonds is 11. The summed E-state index contributed by atoms with van der Waals surface area (Å²) in [5.74, 6) is -1.55. The highest BCUT2D eigenvalue weighted by atomic mass is 16.5. The van der Waals surface area contributed by atoms with Crippen LogP contribution in [0, 0.1) is 0 Å². The molecule has 114 valence electrons. The molecule has 0 unspecified atom stereocenters. The quantitative estimate of drug-likeness (QED) is 0.316. The first-order valence-corrected chi connectivity index (χ1v) is 6.47. The SMILES string of the molecule is C=CCN(CC(=O)NCCCC(=O)O)CC(=O)OCC. The van der Waals surface area contributed by atoms with Gasteiger partial charge in [0, 0.05) is 19.5 Å². The molecule has 0 saturated carbocycles. The minimum atomic E-state index is -0.894. The van der Waals surface area contributed by atoms with E-state index in [-0.39, 0.29) is 25.4 Å². The van der Waals surface area contributed by atoms with E-state index in [1.807, 2.05) is 0 Å². The second-order valence-electron chi connectivity index (χ2n) is 4.11. The van der Waals surface area contributed by atoms with Gasteiger partial charge in [0.1, 0.15) is 0 Å². The van der Waals surface area contributed by atoms with Crippen LogP contribution >= 0.6 is 0 Å². The molecule has 2 N–H and O–H groups in total. The highest BCUT2D eigenvalue weighted by Crippen LogP contribution is 1.92. The van der Waals surface area contributed by atoms with Crippen molar-refractivity contribution in [2.45, 2.75) is 19.8 Å². The van der Waals surface area contributed by atoms with Crippen LogP contribution in [0.25, 0.3) is 0 Å². The zero-order valence-electron chi connectivity index (χ0n) is 11.8. The summed E-state index contributed by atoms with van der Waals surface area (Å²) in [6.45, 7) is 6.32. The monoisotopic (exact) mass is 286 g/mol. The van der Waals surface area contributed by atoms with Gasteiger partial charge in [-0.15, -0.1) is 6.58 Å². The van der Waals surface area contributed by atoms with Gasteiger partial charge < -0.3 is 15.2 Å². The average Bonchev–Trinajstić information content (AvgIpc) is 2.35. The van der Waals surface area contributed by atoms with Gasteiger partial charge in [0.15, 0.2) is 0 Å². The van der Waals surface area contributed by atoms with Crippen LogP contribution in [0.15, 0.2) is 12.7 Å². The number of carboxylic acids is 1. The largest absolute Gasteiger partial charge is 0.481 e. The van der Waals surface area contributed by atoms with Crippen LogP contribution in [0.2, 0.25) is 0 Å². The minimum absolute atomic E-state index is 0.0134. The third kappa shape index (κ3) is 10.1. The number of hydrogen-bond donors (Lipinski definition) is 2. The predicted octanol–water partition coefficient (Wildman–Crippen LogP) is 0.0185. The summed E-state index contributed by atoms with van der Waals surface area (Å²) in [7, 11) is 0. The topological polar surface area (TPSA) is 95.9 Å². The Morgan fingerprint density at radius 3 is 2.60 bits per heavy atom. The summed E-state index contributed by atoms with van der Waals surface area (Å²) in [6.07, 6.45) is 1.98. The molecule has 7 heteroatoms. The summed E-state index contributed by atoms with van der Waals surface area (Å²) in [5, 5.41) is 11.1. The van der Waals surface area contributed by atoms with E-state index in [4.69, 9.17) is 9.84 Å². The van der Waals surface area contributed by atoms with Gasteiger partial charge >= 0.3 is 11.9 Å². The van der Waals surface area contributed by atoms with E-state index in [0.717, 1.165) is 0 Å². The lowest BCUT2D eigenvalue weighted by Gasteiger charge is -2.18. The molecule has 0 aliphatic heterocycles. The Labute approximate surface area is 118 Å². The predicted molar refractivity (Wildman–Crippen MR) is 73.1 cm³/mol. The molecule has 0 saturated heterocycles. The van der Waals surface area contributed by atoms with Crippen molar-refractivity contribution in [3.05, 3.63) is 12.7 Å². The van der Waals surface area contributed by atoms with Gasteiger partial charge in [-0.05, 0) is 13.3 Å². The summed E-state index contributed by atoms with van der Waals surface area (Å²) in [4.78, 5) is 34.9. The van der Waals surface area contributed by atoms with Crippen molar-refractivity contribution in [2.24, 2.45) is 0 Å². The first-order chi connectivity index (χ1) is 9.49. The third-order valence-electron chi connectivity index (χ3n) is 2.30. The molecule has 0 bridgehead atoms. The molecule has 0 spiro atoms. The lowest BCUT2D eigenvalue weighted by atomic mass is 10.3. The van der Waals surface area contributed by atoms with E-state index < -0.39 is 11.9 Å². The van der Waals surface area contributed by atoms with E-state index in [1.54, 1.807) is 17.9 Å². The lowest BCUT2D eigenvalue weighted by Crippen LogP contribution is -2.40. The van der Waals surface area contributed by atoms with E-state index in [9.17, 15) is 14.4 Å². The molecule has 0 aromatic rings. The fourth-order valence-electron chi connectivity index (χ4n) is 1.48. The maximum absolute atomic E-state index is 11.6. The number of aliphatic carboxylic acids is 1. The Balaban J connectivity index is 4.03. The van der Waals surface area contributed by atoms with Crippen LogP contribution in [-0.4, -0.2) is 60.6 Å². The molecule has 20 heavy (non-hydrogen) atoms. The second kappa shape index (κ2) is 11.0. The number of nitrogens with one attached hydrogen (secondary N) is 1. The van der Waals surface area contributed by atoms with E-state index in [0.29, 0.717) is 26.1 Å². The fourth-order valence-corrected chi connectivity index (χ4v) is 1.48. The molecular weight excluding hydrogens is 264 g/mol. The maximum Gasteiger partial charge on any atom is 0.320 e. The number of nitrogens with zero attached hydrogens (tertiary/aromatic N) is 1. The molecule has 0 fully saturated rings. The normalized spacial score (nSPS) is 10.1. The molecule has 0 aromatic heterocycles. The minimum Gasteiger partial charge on any atom is -0.481 e. The highest BCUT2D eigenvalue weighted by molar-refractivity contribution is 5.79. The molecular formula is C13H22N2O5. The molecule has 0 atom stereocenters. The summed E-state index contributed by atoms with van der Waals surface area (Å²) in [6, 6.07) is 0. The first kappa shape index (κ1) is 18.1. The highest BCUT2D eigenvalue weighted by Gasteiger charge is 2.13. The van der Waals surface area contributed by atoms with Gasteiger partial charge in [0.05, 0.1) is 19.7 Å². The van der Waals surface area contributed by atoms with Crippen molar-refractivity contribution in [1.82, 2.24) is 10.2 Å². The van der Waals surface area contributed by atoms with Crippen molar-refractivity contribution in [3.8, 4) is 0 Å². The molecule has 7 nitrogen and oxygen atoms in total. The summed E-state index contributed by atoms with van der Waals surface area (Å²) < 4.78 is 4.81. The number of ether oxygens (including phenoxy) is 1. The number of carboxylic acid groups (broad SMARTS) is 1.